The number of hydrogen-bond acceptors (Lipinski definition) is 3. The summed E-state index contributed by atoms with van der Waals surface area (Å²) in [6.07, 6.45) is 2.92. The molecular weight excluding hydrogens is 309 g/mol. The van der Waals surface area contributed by atoms with Crippen LogP contribution in [-0.2, 0) is 4.74 Å². The van der Waals surface area contributed by atoms with Gasteiger partial charge in [-0.05, 0) is 51.7 Å². The molecule has 2 rings (SSSR count). The minimum absolute atomic E-state index is 0.260. The minimum Gasteiger partial charge on any atom is -0.493 e. The van der Waals surface area contributed by atoms with Crippen molar-refractivity contribution in [1.82, 2.24) is 4.90 Å². The lowest BCUT2D eigenvalue weighted by molar-refractivity contribution is 0.0165. The van der Waals surface area contributed by atoms with Crippen molar-refractivity contribution in [2.75, 3.05) is 19.7 Å². The molecule has 1 heterocycles. The third-order valence-corrected chi connectivity index (χ3v) is 3.94. The van der Waals surface area contributed by atoms with Gasteiger partial charge in [0.25, 0.3) is 0 Å². The van der Waals surface area contributed by atoms with Crippen molar-refractivity contribution >= 4 is 12.2 Å². The van der Waals surface area contributed by atoms with Crippen LogP contribution in [0.1, 0.15) is 39.2 Å². The Morgan fingerprint density at radius 2 is 2.04 bits per heavy atom. The van der Waals surface area contributed by atoms with E-state index in [0.29, 0.717) is 36.9 Å². The number of benzene rings is 1. The Morgan fingerprint density at radius 1 is 1.38 bits per heavy atom. The van der Waals surface area contributed by atoms with Gasteiger partial charge in [0, 0.05) is 24.7 Å². The molecule has 1 amide bonds. The maximum absolute atomic E-state index is 13.7. The highest BCUT2D eigenvalue weighted by Crippen LogP contribution is 2.22. The third-order valence-electron chi connectivity index (χ3n) is 3.94. The van der Waals surface area contributed by atoms with Gasteiger partial charge in [-0.15, -0.1) is 0 Å². The first kappa shape index (κ1) is 18.3. The molecule has 5 heteroatoms. The molecule has 0 radical (unpaired) electrons. The molecule has 0 atom stereocenters. The Bertz CT molecular complexity index is 587. The predicted molar refractivity (Wildman–Crippen MR) is 92.5 cm³/mol. The summed E-state index contributed by atoms with van der Waals surface area (Å²) in [7, 11) is 0. The molecule has 1 aliphatic heterocycles. The lowest BCUT2D eigenvalue weighted by Crippen LogP contribution is -2.42. The Hall–Kier alpha value is -2.04. The predicted octanol–water partition coefficient (Wildman–Crippen LogP) is 4.49. The normalized spacial score (nSPS) is 15.9. The lowest BCUT2D eigenvalue weighted by Gasteiger charge is -2.33. The Kier molecular flexibility index (Phi) is 5.86. The Labute approximate surface area is 143 Å². The zero-order chi connectivity index (χ0) is 17.7. The van der Waals surface area contributed by atoms with E-state index in [2.05, 4.69) is 6.58 Å². The fourth-order valence-corrected chi connectivity index (χ4v) is 2.59. The van der Waals surface area contributed by atoms with Gasteiger partial charge in [0.1, 0.15) is 17.2 Å². The molecule has 132 valence electrons. The summed E-state index contributed by atoms with van der Waals surface area (Å²) in [6, 6.07) is 4.78. The van der Waals surface area contributed by atoms with Gasteiger partial charge in [-0.25, -0.2) is 9.18 Å². The van der Waals surface area contributed by atoms with E-state index in [4.69, 9.17) is 9.47 Å². The van der Waals surface area contributed by atoms with Crippen molar-refractivity contribution in [2.45, 2.75) is 39.2 Å². The van der Waals surface area contributed by atoms with Gasteiger partial charge < -0.3 is 14.4 Å². The second-order valence-electron chi connectivity index (χ2n) is 7.11. The van der Waals surface area contributed by atoms with E-state index in [1.807, 2.05) is 20.8 Å². The molecule has 24 heavy (non-hydrogen) atoms. The molecular formula is C19H26FNO3. The van der Waals surface area contributed by atoms with Crippen molar-refractivity contribution < 1.29 is 18.7 Å². The van der Waals surface area contributed by atoms with Crippen LogP contribution in [0.5, 0.6) is 5.75 Å². The summed E-state index contributed by atoms with van der Waals surface area (Å²) in [5, 5.41) is 0. The maximum atomic E-state index is 13.7. The van der Waals surface area contributed by atoms with Crippen LogP contribution < -0.4 is 4.74 Å². The number of piperidine rings is 1. The smallest absolute Gasteiger partial charge is 0.410 e. The van der Waals surface area contributed by atoms with Crippen molar-refractivity contribution in [1.29, 1.82) is 0 Å². The quantitative estimate of drug-likeness (QED) is 0.813. The van der Waals surface area contributed by atoms with Crippen molar-refractivity contribution in [3.63, 3.8) is 0 Å². The molecule has 0 unspecified atom stereocenters. The van der Waals surface area contributed by atoms with Crippen LogP contribution in [0.3, 0.4) is 0 Å². The Balaban J connectivity index is 1.78. The number of ether oxygens (including phenoxy) is 2. The fraction of sp³-hybridized carbons (Fsp3) is 0.526. The highest BCUT2D eigenvalue weighted by atomic mass is 19.1. The van der Waals surface area contributed by atoms with Crippen LogP contribution in [0.25, 0.3) is 6.08 Å². The van der Waals surface area contributed by atoms with Gasteiger partial charge >= 0.3 is 6.09 Å². The van der Waals surface area contributed by atoms with E-state index in [9.17, 15) is 9.18 Å². The SMILES string of the molecule is C=Cc1ccc(OCC2CCN(C(=O)OC(C)(C)C)CC2)cc1F. The summed E-state index contributed by atoms with van der Waals surface area (Å²) in [5.41, 5.74) is -0.00774. The number of hydrogen-bond donors (Lipinski definition) is 0. The molecule has 1 aromatic rings. The van der Waals surface area contributed by atoms with Crippen LogP contribution in [0.4, 0.5) is 9.18 Å². The van der Waals surface area contributed by atoms with E-state index >= 15 is 0 Å². The van der Waals surface area contributed by atoms with E-state index in [0.717, 1.165) is 12.8 Å². The van der Waals surface area contributed by atoms with Gasteiger partial charge in [0.05, 0.1) is 6.61 Å². The number of nitrogens with zero attached hydrogens (tertiary/aromatic N) is 1. The highest BCUT2D eigenvalue weighted by Gasteiger charge is 2.27. The van der Waals surface area contributed by atoms with E-state index in [-0.39, 0.29) is 11.9 Å². The molecule has 4 nitrogen and oxygen atoms in total. The van der Waals surface area contributed by atoms with Crippen LogP contribution in [-0.4, -0.2) is 36.3 Å². The number of amides is 1. The van der Waals surface area contributed by atoms with Gasteiger partial charge in [-0.3, -0.25) is 0 Å². The monoisotopic (exact) mass is 335 g/mol. The first-order chi connectivity index (χ1) is 11.3. The van der Waals surface area contributed by atoms with Gasteiger partial charge in [0.15, 0.2) is 0 Å². The third kappa shape index (κ3) is 5.25. The second kappa shape index (κ2) is 7.69. The molecule has 0 spiro atoms. The molecule has 1 aliphatic rings. The topological polar surface area (TPSA) is 38.8 Å². The first-order valence-corrected chi connectivity index (χ1v) is 8.31. The molecule has 0 saturated carbocycles. The summed E-state index contributed by atoms with van der Waals surface area (Å²) < 4.78 is 24.8. The largest absolute Gasteiger partial charge is 0.493 e. The van der Waals surface area contributed by atoms with E-state index in [1.165, 1.54) is 12.1 Å². The number of carbonyl (C=O) groups excluding carboxylic acids is 1. The van der Waals surface area contributed by atoms with E-state index in [1.54, 1.807) is 17.0 Å². The first-order valence-electron chi connectivity index (χ1n) is 8.31. The zero-order valence-corrected chi connectivity index (χ0v) is 14.7. The average molecular weight is 335 g/mol. The summed E-state index contributed by atoms with van der Waals surface area (Å²) in [6.45, 7) is 11.0. The number of likely N-dealkylation sites (tertiary alicyclic amines) is 1. The van der Waals surface area contributed by atoms with Crippen molar-refractivity contribution in [3.8, 4) is 5.75 Å². The minimum atomic E-state index is -0.473. The van der Waals surface area contributed by atoms with Crippen LogP contribution in [0, 0.1) is 11.7 Å². The summed E-state index contributed by atoms with van der Waals surface area (Å²) >= 11 is 0. The van der Waals surface area contributed by atoms with Gasteiger partial charge in [-0.1, -0.05) is 12.7 Å². The number of halogens is 1. The summed E-state index contributed by atoms with van der Waals surface area (Å²) in [5.74, 6) is 0.542. The molecule has 0 N–H and O–H groups in total. The standard InChI is InChI=1S/C19H26FNO3/c1-5-15-6-7-16(12-17(15)20)23-13-14-8-10-21(11-9-14)18(22)24-19(2,3)4/h5-7,12,14H,1,8-11,13H2,2-4H3. The Morgan fingerprint density at radius 3 is 2.58 bits per heavy atom. The molecule has 1 fully saturated rings. The molecule has 1 saturated heterocycles. The lowest BCUT2D eigenvalue weighted by atomic mass is 9.98. The molecule has 0 aromatic heterocycles. The zero-order valence-electron chi connectivity index (χ0n) is 14.7. The summed E-state index contributed by atoms with van der Waals surface area (Å²) in [4.78, 5) is 13.8. The average Bonchev–Trinajstić information content (AvgIpc) is 2.52. The number of carbonyl (C=O) groups is 1. The van der Waals surface area contributed by atoms with Crippen molar-refractivity contribution in [2.24, 2.45) is 5.92 Å². The van der Waals surface area contributed by atoms with Crippen LogP contribution in [0.15, 0.2) is 24.8 Å². The van der Waals surface area contributed by atoms with Gasteiger partial charge in [0.2, 0.25) is 0 Å². The number of rotatable bonds is 4. The second-order valence-corrected chi connectivity index (χ2v) is 7.11. The van der Waals surface area contributed by atoms with Crippen LogP contribution >= 0.6 is 0 Å². The highest BCUT2D eigenvalue weighted by molar-refractivity contribution is 5.68. The van der Waals surface area contributed by atoms with E-state index < -0.39 is 5.60 Å². The van der Waals surface area contributed by atoms with Gasteiger partial charge in [-0.2, -0.15) is 0 Å². The molecule has 0 bridgehead atoms. The fourth-order valence-electron chi connectivity index (χ4n) is 2.59. The maximum Gasteiger partial charge on any atom is 0.410 e. The van der Waals surface area contributed by atoms with Crippen molar-refractivity contribution in [3.05, 3.63) is 36.2 Å². The molecule has 1 aromatic carbocycles. The van der Waals surface area contributed by atoms with Crippen LogP contribution in [0.2, 0.25) is 0 Å². The molecule has 0 aliphatic carbocycles.